The van der Waals surface area contributed by atoms with Crippen LogP contribution in [0.3, 0.4) is 0 Å². The summed E-state index contributed by atoms with van der Waals surface area (Å²) in [6.45, 7) is 5.52. The molecule has 166 valence electrons. The smallest absolute Gasteiger partial charge is 0.147 e. The van der Waals surface area contributed by atoms with Gasteiger partial charge in [-0.15, -0.1) is 0 Å². The summed E-state index contributed by atoms with van der Waals surface area (Å²) in [5.41, 5.74) is 4.58. The molecule has 0 atom stereocenters. The van der Waals surface area contributed by atoms with Gasteiger partial charge in [-0.3, -0.25) is 4.98 Å². The molecule has 0 spiro atoms. The van der Waals surface area contributed by atoms with Crippen LogP contribution in [-0.2, 0) is 0 Å². The number of halogens is 2. The molecule has 7 heteroatoms. The van der Waals surface area contributed by atoms with E-state index in [2.05, 4.69) is 27.8 Å². The zero-order valence-corrected chi connectivity index (χ0v) is 19.8. The van der Waals surface area contributed by atoms with Crippen LogP contribution in [0.5, 0.6) is 0 Å². The Labute approximate surface area is 203 Å². The molecular formula is C26H23Cl2N5. The molecule has 0 aliphatic carbocycles. The maximum Gasteiger partial charge on any atom is 0.147 e. The standard InChI is InChI=1S/C26H23Cl2N5/c1-18-10-11-29-23(16-18)32-12-14-33(15-13-32)24-17-30-25(19-6-8-20(27)9-7-19)26(31-24)21-4-2-3-5-22(21)28/h2-11,16-17H,12-15H2,1H3. The number of hydrogen-bond donors (Lipinski definition) is 0. The maximum absolute atomic E-state index is 6.57. The average Bonchev–Trinajstić information content (AvgIpc) is 2.85. The number of aromatic nitrogens is 3. The molecule has 0 unspecified atom stereocenters. The van der Waals surface area contributed by atoms with Crippen molar-refractivity contribution in [1.29, 1.82) is 0 Å². The second-order valence-corrected chi connectivity index (χ2v) is 8.92. The highest BCUT2D eigenvalue weighted by atomic mass is 35.5. The van der Waals surface area contributed by atoms with Crippen LogP contribution >= 0.6 is 23.2 Å². The Morgan fingerprint density at radius 2 is 1.45 bits per heavy atom. The van der Waals surface area contributed by atoms with Gasteiger partial charge in [-0.05, 0) is 42.8 Å². The molecular weight excluding hydrogens is 453 g/mol. The van der Waals surface area contributed by atoms with Crippen molar-refractivity contribution in [3.05, 3.63) is 88.7 Å². The molecule has 0 saturated carbocycles. The molecule has 5 rings (SSSR count). The van der Waals surface area contributed by atoms with Crippen molar-refractivity contribution in [2.75, 3.05) is 36.0 Å². The first kappa shape index (κ1) is 21.7. The largest absolute Gasteiger partial charge is 0.353 e. The fourth-order valence-electron chi connectivity index (χ4n) is 4.05. The topological polar surface area (TPSA) is 45.2 Å². The number of benzene rings is 2. The third-order valence-corrected chi connectivity index (χ3v) is 6.42. The summed E-state index contributed by atoms with van der Waals surface area (Å²) >= 11 is 12.7. The zero-order chi connectivity index (χ0) is 22.8. The van der Waals surface area contributed by atoms with Gasteiger partial charge in [0.15, 0.2) is 0 Å². The van der Waals surface area contributed by atoms with Crippen molar-refractivity contribution >= 4 is 34.8 Å². The molecule has 33 heavy (non-hydrogen) atoms. The molecule has 1 aliphatic heterocycles. The first-order valence-corrected chi connectivity index (χ1v) is 11.6. The van der Waals surface area contributed by atoms with E-state index in [-0.39, 0.29) is 0 Å². The Morgan fingerprint density at radius 1 is 0.758 bits per heavy atom. The molecule has 2 aromatic heterocycles. The van der Waals surface area contributed by atoms with Gasteiger partial charge in [-0.1, -0.05) is 53.5 Å². The van der Waals surface area contributed by atoms with Gasteiger partial charge in [0.2, 0.25) is 0 Å². The monoisotopic (exact) mass is 475 g/mol. The summed E-state index contributed by atoms with van der Waals surface area (Å²) in [5, 5.41) is 1.33. The quantitative estimate of drug-likeness (QED) is 0.354. The lowest BCUT2D eigenvalue weighted by Gasteiger charge is -2.36. The van der Waals surface area contributed by atoms with E-state index in [1.54, 1.807) is 0 Å². The van der Waals surface area contributed by atoms with Crippen LogP contribution in [0.15, 0.2) is 73.1 Å². The molecule has 2 aromatic carbocycles. The van der Waals surface area contributed by atoms with Gasteiger partial charge >= 0.3 is 0 Å². The SMILES string of the molecule is Cc1ccnc(N2CCN(c3cnc(-c4ccc(Cl)cc4)c(-c4ccccc4Cl)n3)CC2)c1. The fourth-order valence-corrected chi connectivity index (χ4v) is 4.40. The van der Waals surface area contributed by atoms with Crippen LogP contribution in [0.2, 0.25) is 10.0 Å². The van der Waals surface area contributed by atoms with E-state index in [0.29, 0.717) is 10.0 Å². The van der Waals surface area contributed by atoms with Crippen molar-refractivity contribution in [1.82, 2.24) is 15.0 Å². The predicted octanol–water partition coefficient (Wildman–Crippen LogP) is 6.15. The van der Waals surface area contributed by atoms with Crippen LogP contribution < -0.4 is 9.80 Å². The van der Waals surface area contributed by atoms with Gasteiger partial charge in [-0.2, -0.15) is 0 Å². The number of anilines is 2. The van der Waals surface area contributed by atoms with Gasteiger partial charge in [0, 0.05) is 48.5 Å². The fraction of sp³-hybridized carbons (Fsp3) is 0.192. The summed E-state index contributed by atoms with van der Waals surface area (Å²) in [4.78, 5) is 19.0. The number of nitrogens with zero attached hydrogens (tertiary/aromatic N) is 5. The van der Waals surface area contributed by atoms with E-state index in [1.807, 2.05) is 67.0 Å². The Bertz CT molecular complexity index is 1270. The van der Waals surface area contributed by atoms with E-state index in [9.17, 15) is 0 Å². The molecule has 1 aliphatic rings. The Morgan fingerprint density at radius 3 is 2.15 bits per heavy atom. The van der Waals surface area contributed by atoms with E-state index in [1.165, 1.54) is 5.56 Å². The number of piperazine rings is 1. The first-order chi connectivity index (χ1) is 16.1. The lowest BCUT2D eigenvalue weighted by molar-refractivity contribution is 0.641. The summed E-state index contributed by atoms with van der Waals surface area (Å²) in [6, 6.07) is 19.5. The number of aryl methyl sites for hydroxylation is 1. The molecule has 5 nitrogen and oxygen atoms in total. The van der Waals surface area contributed by atoms with Crippen LogP contribution in [0.25, 0.3) is 22.5 Å². The number of hydrogen-bond acceptors (Lipinski definition) is 5. The van der Waals surface area contributed by atoms with Crippen molar-refractivity contribution < 1.29 is 0 Å². The minimum atomic E-state index is 0.648. The predicted molar refractivity (Wildman–Crippen MR) is 136 cm³/mol. The molecule has 4 aromatic rings. The Kier molecular flexibility index (Phi) is 6.16. The van der Waals surface area contributed by atoms with Gasteiger partial charge in [0.25, 0.3) is 0 Å². The first-order valence-electron chi connectivity index (χ1n) is 10.9. The molecule has 3 heterocycles. The van der Waals surface area contributed by atoms with Gasteiger partial charge in [0.1, 0.15) is 17.3 Å². The van der Waals surface area contributed by atoms with Gasteiger partial charge in [0.05, 0.1) is 16.9 Å². The van der Waals surface area contributed by atoms with E-state index >= 15 is 0 Å². The second kappa shape index (κ2) is 9.38. The zero-order valence-electron chi connectivity index (χ0n) is 18.2. The van der Waals surface area contributed by atoms with Crippen molar-refractivity contribution in [3.8, 4) is 22.5 Å². The van der Waals surface area contributed by atoms with E-state index in [0.717, 1.165) is 60.3 Å². The summed E-state index contributed by atoms with van der Waals surface area (Å²) in [5.74, 6) is 1.87. The third kappa shape index (κ3) is 4.65. The molecule has 0 N–H and O–H groups in total. The second-order valence-electron chi connectivity index (χ2n) is 8.08. The van der Waals surface area contributed by atoms with Crippen LogP contribution in [-0.4, -0.2) is 41.1 Å². The molecule has 0 radical (unpaired) electrons. The lowest BCUT2D eigenvalue weighted by atomic mass is 10.0. The third-order valence-electron chi connectivity index (χ3n) is 5.84. The summed E-state index contributed by atoms with van der Waals surface area (Å²) in [7, 11) is 0. The lowest BCUT2D eigenvalue weighted by Crippen LogP contribution is -2.47. The summed E-state index contributed by atoms with van der Waals surface area (Å²) < 4.78 is 0. The molecule has 1 fully saturated rings. The van der Waals surface area contributed by atoms with Crippen LogP contribution in [0.1, 0.15) is 5.56 Å². The average molecular weight is 476 g/mol. The number of rotatable bonds is 4. The highest BCUT2D eigenvalue weighted by molar-refractivity contribution is 6.33. The van der Waals surface area contributed by atoms with Gasteiger partial charge < -0.3 is 9.80 Å². The molecule has 0 amide bonds. The molecule has 1 saturated heterocycles. The molecule has 0 bridgehead atoms. The van der Waals surface area contributed by atoms with E-state index < -0.39 is 0 Å². The minimum absolute atomic E-state index is 0.648. The minimum Gasteiger partial charge on any atom is -0.353 e. The van der Waals surface area contributed by atoms with Crippen LogP contribution in [0.4, 0.5) is 11.6 Å². The summed E-state index contributed by atoms with van der Waals surface area (Å²) in [6.07, 6.45) is 3.72. The van der Waals surface area contributed by atoms with Gasteiger partial charge in [-0.25, -0.2) is 9.97 Å². The van der Waals surface area contributed by atoms with Crippen molar-refractivity contribution in [2.24, 2.45) is 0 Å². The Balaban J connectivity index is 1.46. The normalized spacial score (nSPS) is 13.9. The maximum atomic E-state index is 6.57. The van der Waals surface area contributed by atoms with Crippen LogP contribution in [0, 0.1) is 6.92 Å². The Hall–Kier alpha value is -3.15. The van der Waals surface area contributed by atoms with E-state index in [4.69, 9.17) is 33.2 Å². The number of pyridine rings is 1. The highest BCUT2D eigenvalue weighted by Crippen LogP contribution is 2.35. The van der Waals surface area contributed by atoms with Crippen molar-refractivity contribution in [3.63, 3.8) is 0 Å². The highest BCUT2D eigenvalue weighted by Gasteiger charge is 2.22. The van der Waals surface area contributed by atoms with Crippen molar-refractivity contribution in [2.45, 2.75) is 6.92 Å².